The zero-order valence-corrected chi connectivity index (χ0v) is 15.4. The first kappa shape index (κ1) is 17.2. The van der Waals surface area contributed by atoms with E-state index in [1.807, 2.05) is 0 Å². The van der Waals surface area contributed by atoms with Gasteiger partial charge in [0.15, 0.2) is 0 Å². The highest BCUT2D eigenvalue weighted by Gasteiger charge is 2.28. The van der Waals surface area contributed by atoms with Crippen molar-refractivity contribution in [3.63, 3.8) is 0 Å². The van der Waals surface area contributed by atoms with Crippen LogP contribution in [0.3, 0.4) is 0 Å². The quantitative estimate of drug-likeness (QED) is 0.829. The molecule has 1 saturated heterocycles. The average molecular weight is 343 g/mol. The van der Waals surface area contributed by atoms with Gasteiger partial charge in [0, 0.05) is 16.6 Å². The van der Waals surface area contributed by atoms with Crippen LogP contribution in [0.5, 0.6) is 0 Å². The molecule has 1 aliphatic heterocycles. The van der Waals surface area contributed by atoms with E-state index in [0.717, 1.165) is 31.5 Å². The second kappa shape index (κ2) is 7.95. The first-order valence-corrected chi connectivity index (χ1v) is 9.79. The van der Waals surface area contributed by atoms with Gasteiger partial charge in [0.05, 0.1) is 6.54 Å². The van der Waals surface area contributed by atoms with E-state index < -0.39 is 0 Å². The van der Waals surface area contributed by atoms with E-state index in [4.69, 9.17) is 0 Å². The highest BCUT2D eigenvalue weighted by molar-refractivity contribution is 7.10. The number of carbonyl (C=O) groups excluding carboxylic acids is 1. The number of amides is 1. The predicted molar refractivity (Wildman–Crippen MR) is 102 cm³/mol. The van der Waals surface area contributed by atoms with E-state index in [2.05, 4.69) is 59.8 Å². The zero-order chi connectivity index (χ0) is 16.9. The van der Waals surface area contributed by atoms with E-state index in [-0.39, 0.29) is 5.91 Å². The lowest BCUT2D eigenvalue weighted by molar-refractivity contribution is -0.117. The number of anilines is 1. The van der Waals surface area contributed by atoms with E-state index >= 15 is 0 Å². The molecule has 1 fully saturated rings. The number of para-hydroxylation sites is 1. The van der Waals surface area contributed by atoms with Crippen molar-refractivity contribution in [1.82, 2.24) is 4.90 Å². The maximum Gasteiger partial charge on any atom is 0.238 e. The normalized spacial score (nSPS) is 18.0. The Morgan fingerprint density at radius 1 is 1.21 bits per heavy atom. The molecular formula is C20H26N2OS. The van der Waals surface area contributed by atoms with Crippen molar-refractivity contribution in [3.05, 3.63) is 51.7 Å². The minimum absolute atomic E-state index is 0.106. The van der Waals surface area contributed by atoms with Gasteiger partial charge in [-0.15, -0.1) is 11.3 Å². The molecule has 1 aromatic carbocycles. The van der Waals surface area contributed by atoms with Gasteiger partial charge in [0.2, 0.25) is 5.91 Å². The molecule has 0 aliphatic carbocycles. The number of carbonyl (C=O) groups is 1. The molecule has 24 heavy (non-hydrogen) atoms. The van der Waals surface area contributed by atoms with Gasteiger partial charge in [-0.2, -0.15) is 0 Å². The molecule has 0 radical (unpaired) electrons. The van der Waals surface area contributed by atoms with Gasteiger partial charge in [0.25, 0.3) is 0 Å². The SMILES string of the molecule is CCc1cccc(CC)c1NC(=O)CN1CCC[C@@H]1c1cccs1. The molecule has 0 bridgehead atoms. The van der Waals surface area contributed by atoms with Crippen LogP contribution in [-0.2, 0) is 17.6 Å². The number of hydrogen-bond donors (Lipinski definition) is 1. The van der Waals surface area contributed by atoms with Gasteiger partial charge in [-0.3, -0.25) is 9.69 Å². The summed E-state index contributed by atoms with van der Waals surface area (Å²) in [6, 6.07) is 11.0. The number of rotatable bonds is 6. The Kier molecular flexibility index (Phi) is 5.69. The number of aryl methyl sites for hydroxylation is 2. The topological polar surface area (TPSA) is 32.3 Å². The summed E-state index contributed by atoms with van der Waals surface area (Å²) >= 11 is 1.79. The lowest BCUT2D eigenvalue weighted by atomic mass is 10.0. The van der Waals surface area contributed by atoms with Crippen LogP contribution in [-0.4, -0.2) is 23.9 Å². The monoisotopic (exact) mass is 342 g/mol. The summed E-state index contributed by atoms with van der Waals surface area (Å²) in [4.78, 5) is 16.4. The van der Waals surface area contributed by atoms with Gasteiger partial charge in [0.1, 0.15) is 0 Å². The molecule has 0 spiro atoms. The Balaban J connectivity index is 1.70. The van der Waals surface area contributed by atoms with Crippen LogP contribution in [0.15, 0.2) is 35.7 Å². The number of nitrogens with one attached hydrogen (secondary N) is 1. The molecule has 0 saturated carbocycles. The summed E-state index contributed by atoms with van der Waals surface area (Å²) in [5.74, 6) is 0.106. The molecule has 1 atom stereocenters. The Morgan fingerprint density at radius 2 is 1.96 bits per heavy atom. The second-order valence-corrected chi connectivity index (χ2v) is 7.33. The van der Waals surface area contributed by atoms with E-state index in [0.29, 0.717) is 12.6 Å². The van der Waals surface area contributed by atoms with Crippen LogP contribution in [0, 0.1) is 0 Å². The fraction of sp³-hybridized carbons (Fsp3) is 0.450. The summed E-state index contributed by atoms with van der Waals surface area (Å²) in [6.45, 7) is 5.76. The standard InChI is InChI=1S/C20H26N2OS/c1-3-15-8-5-9-16(4-2)20(15)21-19(23)14-22-12-6-10-17(22)18-11-7-13-24-18/h5,7-9,11,13,17H,3-4,6,10,12,14H2,1-2H3,(H,21,23)/t17-/m1/s1. The van der Waals surface area contributed by atoms with Crippen LogP contribution in [0.1, 0.15) is 48.7 Å². The van der Waals surface area contributed by atoms with Crippen molar-refractivity contribution in [2.45, 2.75) is 45.6 Å². The van der Waals surface area contributed by atoms with Crippen molar-refractivity contribution in [1.29, 1.82) is 0 Å². The molecule has 2 heterocycles. The van der Waals surface area contributed by atoms with Crippen molar-refractivity contribution in [2.75, 3.05) is 18.4 Å². The Labute approximate surface area is 148 Å². The average Bonchev–Trinajstić information content (AvgIpc) is 3.26. The summed E-state index contributed by atoms with van der Waals surface area (Å²) in [5, 5.41) is 5.32. The third-order valence-electron chi connectivity index (χ3n) is 4.85. The van der Waals surface area contributed by atoms with Crippen LogP contribution in [0.25, 0.3) is 0 Å². The van der Waals surface area contributed by atoms with E-state index in [1.165, 1.54) is 22.4 Å². The lowest BCUT2D eigenvalue weighted by Crippen LogP contribution is -2.33. The molecule has 128 valence electrons. The van der Waals surface area contributed by atoms with Crippen LogP contribution in [0.2, 0.25) is 0 Å². The lowest BCUT2D eigenvalue weighted by Gasteiger charge is -2.23. The van der Waals surface area contributed by atoms with Crippen LogP contribution < -0.4 is 5.32 Å². The van der Waals surface area contributed by atoms with E-state index in [1.54, 1.807) is 11.3 Å². The predicted octanol–water partition coefficient (Wildman–Crippen LogP) is 4.65. The maximum absolute atomic E-state index is 12.7. The molecule has 1 aliphatic rings. The molecule has 2 aromatic rings. The Morgan fingerprint density at radius 3 is 2.58 bits per heavy atom. The maximum atomic E-state index is 12.7. The summed E-state index contributed by atoms with van der Waals surface area (Å²) < 4.78 is 0. The largest absolute Gasteiger partial charge is 0.324 e. The number of thiophene rings is 1. The fourth-order valence-corrected chi connectivity index (χ4v) is 4.48. The van der Waals surface area contributed by atoms with Crippen molar-refractivity contribution < 1.29 is 4.79 Å². The van der Waals surface area contributed by atoms with E-state index in [9.17, 15) is 4.79 Å². The number of nitrogens with zero attached hydrogens (tertiary/aromatic N) is 1. The fourth-order valence-electron chi connectivity index (χ4n) is 3.58. The third kappa shape index (κ3) is 3.70. The summed E-state index contributed by atoms with van der Waals surface area (Å²) in [6.07, 6.45) is 4.19. The smallest absolute Gasteiger partial charge is 0.238 e. The zero-order valence-electron chi connectivity index (χ0n) is 14.5. The van der Waals surface area contributed by atoms with Gasteiger partial charge < -0.3 is 5.32 Å². The molecule has 1 amide bonds. The highest BCUT2D eigenvalue weighted by atomic mass is 32.1. The van der Waals surface area contributed by atoms with Crippen LogP contribution >= 0.6 is 11.3 Å². The van der Waals surface area contributed by atoms with Crippen molar-refractivity contribution >= 4 is 22.9 Å². The molecular weight excluding hydrogens is 316 g/mol. The van der Waals surface area contributed by atoms with Gasteiger partial charge in [-0.1, -0.05) is 38.1 Å². The Bertz CT molecular complexity index is 659. The first-order valence-electron chi connectivity index (χ1n) is 8.91. The number of benzene rings is 1. The molecule has 3 nitrogen and oxygen atoms in total. The van der Waals surface area contributed by atoms with Crippen molar-refractivity contribution in [2.24, 2.45) is 0 Å². The highest BCUT2D eigenvalue weighted by Crippen LogP contribution is 2.34. The Hall–Kier alpha value is -1.65. The molecule has 3 rings (SSSR count). The molecule has 1 aromatic heterocycles. The molecule has 0 unspecified atom stereocenters. The summed E-state index contributed by atoms with van der Waals surface area (Å²) in [7, 11) is 0. The van der Waals surface area contributed by atoms with Crippen molar-refractivity contribution in [3.8, 4) is 0 Å². The van der Waals surface area contributed by atoms with Gasteiger partial charge >= 0.3 is 0 Å². The summed E-state index contributed by atoms with van der Waals surface area (Å²) in [5.41, 5.74) is 3.47. The number of likely N-dealkylation sites (tertiary alicyclic amines) is 1. The van der Waals surface area contributed by atoms with Gasteiger partial charge in [-0.25, -0.2) is 0 Å². The first-order chi connectivity index (χ1) is 11.7. The minimum atomic E-state index is 0.106. The van der Waals surface area contributed by atoms with Crippen LogP contribution in [0.4, 0.5) is 5.69 Å². The second-order valence-electron chi connectivity index (χ2n) is 6.35. The third-order valence-corrected chi connectivity index (χ3v) is 5.82. The molecule has 4 heteroatoms. The molecule has 1 N–H and O–H groups in total. The minimum Gasteiger partial charge on any atom is -0.324 e. The van der Waals surface area contributed by atoms with Gasteiger partial charge in [-0.05, 0) is 54.8 Å². The number of hydrogen-bond acceptors (Lipinski definition) is 3.